The largest absolute Gasteiger partial charge is 0.497 e. The summed E-state index contributed by atoms with van der Waals surface area (Å²) in [6.45, 7) is -0.502. The van der Waals surface area contributed by atoms with E-state index < -0.39 is 22.5 Å². The molecule has 0 aliphatic heterocycles. The first-order valence-electron chi connectivity index (χ1n) is 7.40. The van der Waals surface area contributed by atoms with Gasteiger partial charge in [0.15, 0.2) is 0 Å². The van der Waals surface area contributed by atoms with E-state index in [0.29, 0.717) is 5.75 Å². The number of sulfonamides is 1. The molecule has 7 nitrogen and oxygen atoms in total. The van der Waals surface area contributed by atoms with Crippen molar-refractivity contribution >= 4 is 37.6 Å². The average Bonchev–Trinajstić information content (AvgIpc) is 2.65. The fraction of sp³-hybridized carbons (Fsp3) is 0.235. The fourth-order valence-electron chi connectivity index (χ4n) is 2.21. The number of methoxy groups -OCH3 is 3. The molecule has 0 amide bonds. The van der Waals surface area contributed by atoms with E-state index >= 15 is 0 Å². The molecule has 26 heavy (non-hydrogen) atoms. The van der Waals surface area contributed by atoms with Gasteiger partial charge in [-0.3, -0.25) is 9.10 Å². The quantitative estimate of drug-likeness (QED) is 0.611. The van der Waals surface area contributed by atoms with E-state index in [2.05, 4.69) is 20.7 Å². The molecule has 9 heteroatoms. The van der Waals surface area contributed by atoms with Gasteiger partial charge in [-0.15, -0.1) is 0 Å². The minimum absolute atomic E-state index is 0.0301. The lowest BCUT2D eigenvalue weighted by Gasteiger charge is -2.25. The predicted molar refractivity (Wildman–Crippen MR) is 100 cm³/mol. The lowest BCUT2D eigenvalue weighted by Crippen LogP contribution is -2.36. The second-order valence-electron chi connectivity index (χ2n) is 5.08. The van der Waals surface area contributed by atoms with Gasteiger partial charge in [-0.2, -0.15) is 0 Å². The van der Waals surface area contributed by atoms with Crippen LogP contribution in [-0.4, -0.2) is 42.3 Å². The number of carbonyl (C=O) groups excluding carboxylic acids is 1. The first kappa shape index (κ1) is 20.1. The van der Waals surface area contributed by atoms with Crippen molar-refractivity contribution in [3.63, 3.8) is 0 Å². The summed E-state index contributed by atoms with van der Waals surface area (Å²) >= 11 is 3.27. The number of hydrogen-bond acceptors (Lipinski definition) is 6. The molecule has 140 valence electrons. The normalized spacial score (nSPS) is 10.9. The number of halogens is 1. The molecular formula is C17H18BrNO6S. The molecule has 0 bridgehead atoms. The van der Waals surface area contributed by atoms with Crippen LogP contribution in [0.1, 0.15) is 0 Å². The number of hydrogen-bond donors (Lipinski definition) is 0. The van der Waals surface area contributed by atoms with Gasteiger partial charge in [-0.05, 0) is 36.4 Å². The number of rotatable bonds is 7. The molecule has 0 unspecified atom stereocenters. The topological polar surface area (TPSA) is 82.1 Å². The van der Waals surface area contributed by atoms with Crippen LogP contribution >= 0.6 is 15.9 Å². The Kier molecular flexibility index (Phi) is 6.49. The van der Waals surface area contributed by atoms with Crippen molar-refractivity contribution < 1.29 is 27.4 Å². The van der Waals surface area contributed by atoms with E-state index in [1.807, 2.05) is 0 Å². The Labute approximate surface area is 160 Å². The lowest BCUT2D eigenvalue weighted by atomic mass is 10.2. The van der Waals surface area contributed by atoms with Crippen LogP contribution in [0.25, 0.3) is 0 Å². The molecule has 2 aromatic rings. The zero-order valence-corrected chi connectivity index (χ0v) is 16.8. The molecule has 0 saturated carbocycles. The maximum absolute atomic E-state index is 13.1. The summed E-state index contributed by atoms with van der Waals surface area (Å²) < 4.78 is 43.0. The summed E-state index contributed by atoms with van der Waals surface area (Å²) in [5.41, 5.74) is 0.196. The van der Waals surface area contributed by atoms with Crippen LogP contribution in [-0.2, 0) is 19.6 Å². The zero-order valence-electron chi connectivity index (χ0n) is 14.4. The highest BCUT2D eigenvalue weighted by Gasteiger charge is 2.30. The second-order valence-corrected chi connectivity index (χ2v) is 7.86. The van der Waals surface area contributed by atoms with Crippen LogP contribution in [0.4, 0.5) is 5.69 Å². The fourth-order valence-corrected chi connectivity index (χ4v) is 3.89. The van der Waals surface area contributed by atoms with Crippen LogP contribution in [0.2, 0.25) is 0 Å². The van der Waals surface area contributed by atoms with Gasteiger partial charge in [0, 0.05) is 10.5 Å². The van der Waals surface area contributed by atoms with Crippen LogP contribution in [0, 0.1) is 0 Å². The molecule has 0 aromatic heterocycles. The Morgan fingerprint density at radius 3 is 2.23 bits per heavy atom. The molecule has 0 aliphatic rings. The molecule has 0 saturated heterocycles. The maximum Gasteiger partial charge on any atom is 0.326 e. The standard InChI is InChI=1S/C17H18BrNO6S/c1-23-13-6-9-15(16(10-13)24-2)19(11-17(20)25-3)26(21,22)14-7-4-12(18)5-8-14/h4-10H,11H2,1-3H3. The maximum atomic E-state index is 13.1. The van der Waals surface area contributed by atoms with Gasteiger partial charge < -0.3 is 14.2 Å². The van der Waals surface area contributed by atoms with Gasteiger partial charge in [0.05, 0.1) is 31.9 Å². The van der Waals surface area contributed by atoms with Crippen molar-refractivity contribution in [1.82, 2.24) is 0 Å². The summed E-state index contributed by atoms with van der Waals surface area (Å²) in [4.78, 5) is 11.9. The lowest BCUT2D eigenvalue weighted by molar-refractivity contribution is -0.138. The molecule has 0 atom stereocenters. The van der Waals surface area contributed by atoms with Crippen LogP contribution in [0.3, 0.4) is 0 Å². The summed E-state index contributed by atoms with van der Waals surface area (Å²) in [5.74, 6) is 0.0298. The number of ether oxygens (including phenoxy) is 3. The highest BCUT2D eigenvalue weighted by atomic mass is 79.9. The van der Waals surface area contributed by atoms with Gasteiger partial charge >= 0.3 is 5.97 Å². The highest BCUT2D eigenvalue weighted by Crippen LogP contribution is 2.35. The summed E-state index contributed by atoms with van der Waals surface area (Å²) in [6, 6.07) is 10.7. The van der Waals surface area contributed by atoms with Crippen LogP contribution in [0.15, 0.2) is 51.8 Å². The molecule has 0 aliphatic carbocycles. The van der Waals surface area contributed by atoms with Crippen molar-refractivity contribution in [3.05, 3.63) is 46.9 Å². The van der Waals surface area contributed by atoms with E-state index in [-0.39, 0.29) is 16.3 Å². The van der Waals surface area contributed by atoms with E-state index in [1.165, 1.54) is 45.6 Å². The number of esters is 1. The van der Waals surface area contributed by atoms with E-state index in [9.17, 15) is 13.2 Å². The summed E-state index contributed by atoms with van der Waals surface area (Å²) in [7, 11) is 0.0441. The molecule has 0 radical (unpaired) electrons. The van der Waals surface area contributed by atoms with Gasteiger partial charge in [0.1, 0.15) is 18.0 Å². The van der Waals surface area contributed by atoms with Crippen molar-refractivity contribution in [2.45, 2.75) is 4.90 Å². The van der Waals surface area contributed by atoms with E-state index in [0.717, 1.165) is 8.78 Å². The van der Waals surface area contributed by atoms with Crippen molar-refractivity contribution in [2.75, 3.05) is 32.2 Å². The number of benzene rings is 2. The Balaban J connectivity index is 2.60. The van der Waals surface area contributed by atoms with Crippen LogP contribution < -0.4 is 13.8 Å². The second kappa shape index (κ2) is 8.41. The third-order valence-electron chi connectivity index (χ3n) is 3.56. The third-order valence-corrected chi connectivity index (χ3v) is 5.86. The number of anilines is 1. The smallest absolute Gasteiger partial charge is 0.326 e. The van der Waals surface area contributed by atoms with Gasteiger partial charge in [-0.25, -0.2) is 8.42 Å². The van der Waals surface area contributed by atoms with Gasteiger partial charge in [-0.1, -0.05) is 15.9 Å². The van der Waals surface area contributed by atoms with E-state index in [4.69, 9.17) is 9.47 Å². The third kappa shape index (κ3) is 4.28. The Morgan fingerprint density at radius 2 is 1.69 bits per heavy atom. The molecule has 0 fully saturated rings. The van der Waals surface area contributed by atoms with Crippen molar-refractivity contribution in [3.8, 4) is 11.5 Å². The summed E-state index contributed by atoms with van der Waals surface area (Å²) in [6.07, 6.45) is 0. The Morgan fingerprint density at radius 1 is 1.04 bits per heavy atom. The zero-order chi connectivity index (χ0) is 19.3. The monoisotopic (exact) mass is 443 g/mol. The van der Waals surface area contributed by atoms with Gasteiger partial charge in [0.2, 0.25) is 0 Å². The van der Waals surface area contributed by atoms with Crippen LogP contribution in [0.5, 0.6) is 11.5 Å². The predicted octanol–water partition coefficient (Wildman–Crippen LogP) is 2.83. The minimum Gasteiger partial charge on any atom is -0.497 e. The molecule has 0 N–H and O–H groups in total. The van der Waals surface area contributed by atoms with E-state index in [1.54, 1.807) is 18.2 Å². The van der Waals surface area contributed by atoms with Gasteiger partial charge in [0.25, 0.3) is 10.0 Å². The van der Waals surface area contributed by atoms with Crippen molar-refractivity contribution in [1.29, 1.82) is 0 Å². The molecule has 2 aromatic carbocycles. The molecule has 0 spiro atoms. The first-order chi connectivity index (χ1) is 12.3. The Bertz CT molecular complexity index is 883. The first-order valence-corrected chi connectivity index (χ1v) is 9.64. The summed E-state index contributed by atoms with van der Waals surface area (Å²) in [5, 5.41) is 0. The molecule has 0 heterocycles. The number of nitrogens with zero attached hydrogens (tertiary/aromatic N) is 1. The SMILES string of the molecule is COC(=O)CN(c1ccc(OC)cc1OC)S(=O)(=O)c1ccc(Br)cc1. The highest BCUT2D eigenvalue weighted by molar-refractivity contribution is 9.10. The molecular weight excluding hydrogens is 426 g/mol. The number of carbonyl (C=O) groups is 1. The minimum atomic E-state index is -4.04. The Hall–Kier alpha value is -2.26. The average molecular weight is 444 g/mol. The molecule has 2 rings (SSSR count). The van der Waals surface area contributed by atoms with Crippen molar-refractivity contribution in [2.24, 2.45) is 0 Å².